The molecule has 3 fully saturated rings. The lowest BCUT2D eigenvalue weighted by atomic mass is 9.95. The number of halogens is 1. The van der Waals surface area contributed by atoms with Crippen LogP contribution in [-0.2, 0) is 29.4 Å². The molecule has 2 aromatic carbocycles. The summed E-state index contributed by atoms with van der Waals surface area (Å²) in [5.74, 6) is -0.529. The number of amides is 1. The Morgan fingerprint density at radius 1 is 1.09 bits per heavy atom. The summed E-state index contributed by atoms with van der Waals surface area (Å²) in [6.07, 6.45) is 0.731. The maximum Gasteiger partial charge on any atom is 0.243 e. The zero-order valence-corrected chi connectivity index (χ0v) is 21.0. The van der Waals surface area contributed by atoms with E-state index < -0.39 is 41.9 Å². The molecule has 1 atom stereocenters. The molecule has 2 aromatic rings. The van der Waals surface area contributed by atoms with E-state index in [1.165, 1.54) is 24.1 Å². The number of carbonyl (C=O) groups is 1. The molecule has 1 unspecified atom stereocenters. The summed E-state index contributed by atoms with van der Waals surface area (Å²) in [6.45, 7) is 0.0184. The van der Waals surface area contributed by atoms with Crippen LogP contribution in [0.1, 0.15) is 12.8 Å². The zero-order chi connectivity index (χ0) is 24.4. The molecule has 1 amide bonds. The molecular weight excluding hydrogens is 502 g/mol. The second kappa shape index (κ2) is 8.14. The second-order valence-electron chi connectivity index (χ2n) is 9.22. The van der Waals surface area contributed by atoms with Crippen LogP contribution in [0.3, 0.4) is 0 Å². The van der Waals surface area contributed by atoms with Gasteiger partial charge in [0, 0.05) is 18.7 Å². The quantitative estimate of drug-likeness (QED) is 0.636. The van der Waals surface area contributed by atoms with E-state index in [9.17, 15) is 21.6 Å². The molecule has 184 valence electrons. The Hall–Kier alpha value is -1.76. The van der Waals surface area contributed by atoms with E-state index in [2.05, 4.69) is 5.32 Å². The third-order valence-corrected chi connectivity index (χ3v) is 12.5. The Labute approximate surface area is 204 Å². The van der Waals surface area contributed by atoms with Gasteiger partial charge in [-0.25, -0.2) is 16.8 Å². The van der Waals surface area contributed by atoms with Gasteiger partial charge in [-0.15, -0.1) is 0 Å². The highest BCUT2D eigenvalue weighted by Gasteiger charge is 2.70. The Kier molecular flexibility index (Phi) is 5.74. The number of piperidine rings is 1. The molecule has 0 aliphatic carbocycles. The Morgan fingerprint density at radius 3 is 2.47 bits per heavy atom. The molecule has 12 heteroatoms. The third kappa shape index (κ3) is 3.32. The van der Waals surface area contributed by atoms with Gasteiger partial charge >= 0.3 is 0 Å². The van der Waals surface area contributed by atoms with Crippen molar-refractivity contribution in [2.24, 2.45) is 0 Å². The fraction of sp³-hybridized carbons (Fsp3) is 0.500. The molecule has 0 bridgehead atoms. The van der Waals surface area contributed by atoms with Crippen LogP contribution in [0.4, 0.5) is 0 Å². The van der Waals surface area contributed by atoms with Crippen molar-refractivity contribution in [3.63, 3.8) is 0 Å². The van der Waals surface area contributed by atoms with Crippen molar-refractivity contribution in [1.29, 1.82) is 0 Å². The molecule has 3 saturated heterocycles. The van der Waals surface area contributed by atoms with Gasteiger partial charge in [-0.2, -0.15) is 4.31 Å². The van der Waals surface area contributed by atoms with E-state index in [1.807, 2.05) is 0 Å². The molecule has 0 aromatic heterocycles. The highest BCUT2D eigenvalue weighted by atomic mass is 35.5. The number of methoxy groups -OCH3 is 1. The van der Waals surface area contributed by atoms with Crippen LogP contribution in [0.15, 0.2) is 41.3 Å². The van der Waals surface area contributed by atoms with Gasteiger partial charge in [0.05, 0.1) is 29.3 Å². The predicted molar refractivity (Wildman–Crippen MR) is 128 cm³/mol. The number of rotatable bonds is 4. The lowest BCUT2D eigenvalue weighted by molar-refractivity contribution is -0.140. The topological polar surface area (TPSA) is 113 Å². The van der Waals surface area contributed by atoms with Crippen molar-refractivity contribution >= 4 is 48.1 Å². The minimum absolute atomic E-state index is 0.0110. The lowest BCUT2D eigenvalue weighted by Crippen LogP contribution is -2.67. The summed E-state index contributed by atoms with van der Waals surface area (Å²) in [5, 5.41) is 5.14. The van der Waals surface area contributed by atoms with E-state index in [0.717, 1.165) is 9.69 Å². The van der Waals surface area contributed by atoms with E-state index in [1.54, 1.807) is 24.3 Å². The molecule has 0 radical (unpaired) electrons. The molecule has 34 heavy (non-hydrogen) atoms. The summed E-state index contributed by atoms with van der Waals surface area (Å²) in [5.41, 5.74) is 0. The number of ether oxygens (including phenoxy) is 1. The van der Waals surface area contributed by atoms with Crippen LogP contribution in [0.2, 0.25) is 5.02 Å². The van der Waals surface area contributed by atoms with Gasteiger partial charge in [0.1, 0.15) is 0 Å². The van der Waals surface area contributed by atoms with Gasteiger partial charge in [-0.1, -0.05) is 23.7 Å². The number of fused-ring (bicyclic) bond motifs is 2. The smallest absolute Gasteiger partial charge is 0.243 e. The first kappa shape index (κ1) is 24.0. The molecule has 1 spiro atoms. The zero-order valence-electron chi connectivity index (χ0n) is 18.7. The summed E-state index contributed by atoms with van der Waals surface area (Å²) in [4.78, 5) is 12.9. The summed E-state index contributed by atoms with van der Waals surface area (Å²) in [6, 6.07) is 9.72. The van der Waals surface area contributed by atoms with E-state index >= 15 is 0 Å². The lowest BCUT2D eigenvalue weighted by Gasteiger charge is -2.44. The van der Waals surface area contributed by atoms with Crippen LogP contribution in [-0.4, -0.2) is 88.0 Å². The van der Waals surface area contributed by atoms with Gasteiger partial charge < -0.3 is 15.0 Å². The molecule has 5 rings (SSSR count). The number of piperazine rings is 1. The molecule has 0 saturated carbocycles. The van der Waals surface area contributed by atoms with Crippen molar-refractivity contribution in [2.45, 2.75) is 27.4 Å². The van der Waals surface area contributed by atoms with Gasteiger partial charge in [-0.05, 0) is 61.0 Å². The Balaban J connectivity index is 1.58. The molecule has 1 N–H and O–H groups in total. The first-order chi connectivity index (χ1) is 16.1. The van der Waals surface area contributed by atoms with Gasteiger partial charge in [-0.3, -0.25) is 4.79 Å². The first-order valence-electron chi connectivity index (χ1n) is 11.0. The minimum Gasteiger partial charge on any atom is -0.381 e. The van der Waals surface area contributed by atoms with Crippen molar-refractivity contribution in [3.05, 3.63) is 41.4 Å². The predicted octanol–water partition coefficient (Wildman–Crippen LogP) is 1.22. The number of nitrogens with one attached hydrogen (secondary N) is 1. The molecule has 9 nitrogen and oxygen atoms in total. The third-order valence-electron chi connectivity index (χ3n) is 7.34. The number of sulfone groups is 1. The largest absolute Gasteiger partial charge is 0.381 e. The SMILES string of the molecule is COCC12CN(S(=O)(=O)c3ccc4cc(Cl)ccc4c3)CC(=O)N1CC1(CCNCC1)S2(=O)=O. The van der Waals surface area contributed by atoms with Crippen LogP contribution in [0, 0.1) is 0 Å². The Morgan fingerprint density at radius 2 is 1.76 bits per heavy atom. The summed E-state index contributed by atoms with van der Waals surface area (Å²) >= 11 is 6.03. The average Bonchev–Trinajstić information content (AvgIpc) is 2.98. The van der Waals surface area contributed by atoms with E-state index in [-0.39, 0.29) is 24.6 Å². The maximum absolute atomic E-state index is 14.0. The van der Waals surface area contributed by atoms with Crippen molar-refractivity contribution in [3.8, 4) is 0 Å². The van der Waals surface area contributed by atoms with Gasteiger partial charge in [0.2, 0.25) is 15.9 Å². The van der Waals surface area contributed by atoms with E-state index in [4.69, 9.17) is 16.3 Å². The second-order valence-corrected chi connectivity index (χ2v) is 14.2. The number of benzene rings is 2. The molecule has 3 aliphatic rings. The fourth-order valence-corrected chi connectivity index (χ4v) is 10.2. The minimum atomic E-state index is -4.16. The molecule has 3 aliphatic heterocycles. The van der Waals surface area contributed by atoms with E-state index in [0.29, 0.717) is 36.3 Å². The number of hydrogen-bond acceptors (Lipinski definition) is 7. The summed E-state index contributed by atoms with van der Waals surface area (Å²) < 4.78 is 60.6. The summed E-state index contributed by atoms with van der Waals surface area (Å²) in [7, 11) is -6.76. The Bertz CT molecular complexity index is 1370. The average molecular weight is 528 g/mol. The number of carbonyl (C=O) groups excluding carboxylic acids is 1. The fourth-order valence-electron chi connectivity index (χ4n) is 5.53. The van der Waals surface area contributed by atoms with Crippen LogP contribution >= 0.6 is 11.6 Å². The highest BCUT2D eigenvalue weighted by Crippen LogP contribution is 2.48. The van der Waals surface area contributed by atoms with Crippen LogP contribution in [0.5, 0.6) is 0 Å². The van der Waals surface area contributed by atoms with Gasteiger partial charge in [0.15, 0.2) is 14.7 Å². The van der Waals surface area contributed by atoms with Crippen molar-refractivity contribution < 1.29 is 26.4 Å². The number of nitrogens with zero attached hydrogens (tertiary/aromatic N) is 2. The molecule has 3 heterocycles. The van der Waals surface area contributed by atoms with Crippen LogP contribution < -0.4 is 5.32 Å². The number of hydrogen-bond donors (Lipinski definition) is 1. The van der Waals surface area contributed by atoms with Crippen LogP contribution in [0.25, 0.3) is 10.8 Å². The normalized spacial score (nSPS) is 26.8. The van der Waals surface area contributed by atoms with Gasteiger partial charge in [0.25, 0.3) is 0 Å². The molecular formula is C22H26ClN3O6S2. The standard InChI is InChI=1S/C22H26ClN3O6S2/c1-32-15-22-14-25(33(28,29)19-5-3-16-10-18(23)4-2-17(16)11-19)12-20(27)26(22)13-21(34(22,30)31)6-8-24-9-7-21/h2-5,10-11,24H,6-9,12-15H2,1H3. The highest BCUT2D eigenvalue weighted by molar-refractivity contribution is 7.94. The van der Waals surface area contributed by atoms with Crippen molar-refractivity contribution in [1.82, 2.24) is 14.5 Å². The first-order valence-corrected chi connectivity index (χ1v) is 14.3. The monoisotopic (exact) mass is 527 g/mol. The number of sulfonamides is 1. The maximum atomic E-state index is 14.0. The van der Waals surface area contributed by atoms with Crippen molar-refractivity contribution in [2.75, 3.05) is 46.4 Å².